The molecule has 12 heteroatoms. The Kier molecular flexibility index (Phi) is 5.48. The van der Waals surface area contributed by atoms with Gasteiger partial charge in [0.25, 0.3) is 12.3 Å². The van der Waals surface area contributed by atoms with Crippen LogP contribution in [0.1, 0.15) is 61.1 Å². The number of halogens is 2. The van der Waals surface area contributed by atoms with Crippen LogP contribution < -0.4 is 10.1 Å². The molecule has 0 saturated heterocycles. The van der Waals surface area contributed by atoms with Gasteiger partial charge in [0.15, 0.2) is 12.4 Å². The molecule has 2 amide bonds. The lowest BCUT2D eigenvalue weighted by Crippen LogP contribution is -2.71. The number of ether oxygens (including phenoxy) is 1. The van der Waals surface area contributed by atoms with E-state index in [0.29, 0.717) is 18.2 Å². The first kappa shape index (κ1) is 22.6. The van der Waals surface area contributed by atoms with Gasteiger partial charge in [-0.2, -0.15) is 5.10 Å². The molecular weight excluding hydrogens is 450 g/mol. The molecule has 2 heterocycles. The molecule has 0 aliphatic heterocycles. The summed E-state index contributed by atoms with van der Waals surface area (Å²) in [6.07, 6.45) is 1.02. The molecule has 0 aromatic carbocycles. The standard InChI is InChI=1S/C22H28F2N6O4/c1-11-3-13(4-15(11)30(21(32)33)22-7-12(8-22)9-22)14-5-18(27-26-14)25-20(31)16-6-19(28-29(16)2)34-10-17(23)24/h5-6,11-13,15,17H,3-4,7-10H2,1-2H3,(H,32,33)(H2,25,26,27,31)/t11-,12?,13+,15+,22?/m1/s1. The maximum Gasteiger partial charge on any atom is 0.408 e. The van der Waals surface area contributed by atoms with Gasteiger partial charge in [-0.3, -0.25) is 19.5 Å². The highest BCUT2D eigenvalue weighted by Gasteiger charge is 2.63. The predicted molar refractivity (Wildman–Crippen MR) is 116 cm³/mol. The molecule has 2 aromatic rings. The molecule has 2 aromatic heterocycles. The van der Waals surface area contributed by atoms with E-state index in [4.69, 9.17) is 4.74 Å². The Morgan fingerprint density at radius 2 is 2.09 bits per heavy atom. The van der Waals surface area contributed by atoms with E-state index < -0.39 is 25.0 Å². The van der Waals surface area contributed by atoms with Gasteiger partial charge in [0, 0.05) is 42.4 Å². The molecule has 2 bridgehead atoms. The average Bonchev–Trinajstić information content (AvgIpc) is 3.40. The van der Waals surface area contributed by atoms with E-state index in [1.807, 2.05) is 0 Å². The van der Waals surface area contributed by atoms with E-state index in [0.717, 1.165) is 31.4 Å². The SMILES string of the molecule is C[C@@H]1C[C@H](c2cc(NC(=O)c3cc(OCC(F)F)nn3C)n[nH]2)C[C@@H]1N(C(=O)O)C12CC(C1)C2. The van der Waals surface area contributed by atoms with Gasteiger partial charge in [-0.15, -0.1) is 5.10 Å². The number of rotatable bonds is 8. The Bertz CT molecular complexity index is 1080. The summed E-state index contributed by atoms with van der Waals surface area (Å²) in [5.41, 5.74) is 0.830. The number of amides is 2. The Morgan fingerprint density at radius 3 is 2.71 bits per heavy atom. The van der Waals surface area contributed by atoms with Crippen LogP contribution in [0.3, 0.4) is 0 Å². The monoisotopic (exact) mass is 478 g/mol. The van der Waals surface area contributed by atoms with Crippen molar-refractivity contribution < 1.29 is 28.2 Å². The number of hydrogen-bond acceptors (Lipinski definition) is 5. The number of carbonyl (C=O) groups excluding carboxylic acids is 1. The number of carboxylic acid groups (broad SMARTS) is 1. The zero-order valence-corrected chi connectivity index (χ0v) is 19.0. The molecule has 3 atom stereocenters. The number of aryl methyl sites for hydroxylation is 1. The number of anilines is 1. The maximum absolute atomic E-state index is 12.6. The lowest BCUT2D eigenvalue weighted by atomic mass is 9.48. The molecule has 10 nitrogen and oxygen atoms in total. The second kappa shape index (κ2) is 8.24. The first-order chi connectivity index (χ1) is 16.1. The van der Waals surface area contributed by atoms with Crippen molar-refractivity contribution in [1.29, 1.82) is 0 Å². The molecule has 4 fully saturated rings. The summed E-state index contributed by atoms with van der Waals surface area (Å²) in [5.74, 6) is 0.781. The zero-order chi connectivity index (χ0) is 24.2. The van der Waals surface area contributed by atoms with Crippen molar-refractivity contribution in [3.63, 3.8) is 0 Å². The number of carbonyl (C=O) groups is 2. The van der Waals surface area contributed by atoms with Gasteiger partial charge < -0.3 is 15.2 Å². The fourth-order valence-electron chi connectivity index (χ4n) is 5.93. The van der Waals surface area contributed by atoms with E-state index in [2.05, 4.69) is 27.5 Å². The highest BCUT2D eigenvalue weighted by atomic mass is 19.3. The summed E-state index contributed by atoms with van der Waals surface area (Å²) in [5, 5.41) is 23.7. The van der Waals surface area contributed by atoms with E-state index in [1.54, 1.807) is 11.0 Å². The molecule has 0 spiro atoms. The highest BCUT2D eigenvalue weighted by molar-refractivity contribution is 6.02. The number of aromatic nitrogens is 4. The largest absolute Gasteiger partial charge is 0.471 e. The van der Waals surface area contributed by atoms with Crippen LogP contribution in [0.2, 0.25) is 0 Å². The molecule has 184 valence electrons. The molecule has 3 N–H and O–H groups in total. The molecule has 0 radical (unpaired) electrons. The maximum atomic E-state index is 12.6. The van der Waals surface area contributed by atoms with E-state index >= 15 is 0 Å². The van der Waals surface area contributed by atoms with Gasteiger partial charge in [-0.05, 0) is 43.9 Å². The summed E-state index contributed by atoms with van der Waals surface area (Å²) in [6.45, 7) is 1.30. The van der Waals surface area contributed by atoms with Crippen molar-refractivity contribution in [1.82, 2.24) is 24.9 Å². The van der Waals surface area contributed by atoms with Gasteiger partial charge in [0.05, 0.1) is 0 Å². The smallest absolute Gasteiger partial charge is 0.408 e. The van der Waals surface area contributed by atoms with Gasteiger partial charge in [-0.1, -0.05) is 6.92 Å². The minimum Gasteiger partial charge on any atom is -0.471 e. The third-order valence-corrected chi connectivity index (χ3v) is 7.62. The van der Waals surface area contributed by atoms with Crippen molar-refractivity contribution in [2.24, 2.45) is 18.9 Å². The molecule has 34 heavy (non-hydrogen) atoms. The number of nitrogens with one attached hydrogen (secondary N) is 2. The van der Waals surface area contributed by atoms with Crippen LogP contribution in [0.25, 0.3) is 0 Å². The lowest BCUT2D eigenvalue weighted by molar-refractivity contribution is -0.146. The number of hydrogen-bond donors (Lipinski definition) is 3. The van der Waals surface area contributed by atoms with Crippen LogP contribution in [0, 0.1) is 11.8 Å². The first-order valence-electron chi connectivity index (χ1n) is 11.5. The minimum atomic E-state index is -2.64. The Morgan fingerprint density at radius 1 is 1.35 bits per heavy atom. The van der Waals surface area contributed by atoms with Crippen molar-refractivity contribution >= 4 is 17.8 Å². The van der Waals surface area contributed by atoms with E-state index in [1.165, 1.54) is 17.8 Å². The zero-order valence-electron chi connectivity index (χ0n) is 19.0. The molecule has 6 rings (SSSR count). The lowest BCUT2D eigenvalue weighted by Gasteiger charge is -2.67. The summed E-state index contributed by atoms with van der Waals surface area (Å²) < 4.78 is 30.8. The highest BCUT2D eigenvalue weighted by Crippen LogP contribution is 2.62. The second-order valence-corrected chi connectivity index (χ2v) is 9.92. The number of aromatic amines is 1. The summed E-state index contributed by atoms with van der Waals surface area (Å²) >= 11 is 0. The fraction of sp³-hybridized carbons (Fsp3) is 0.636. The summed E-state index contributed by atoms with van der Waals surface area (Å²) in [6, 6.07) is 3.01. The quantitative estimate of drug-likeness (QED) is 0.534. The number of nitrogens with zero attached hydrogens (tertiary/aromatic N) is 4. The third-order valence-electron chi connectivity index (χ3n) is 7.62. The van der Waals surface area contributed by atoms with Gasteiger partial charge in [-0.25, -0.2) is 13.6 Å². The predicted octanol–water partition coefficient (Wildman–Crippen LogP) is 3.45. The Balaban J connectivity index is 1.23. The molecule has 4 aliphatic carbocycles. The van der Waals surface area contributed by atoms with Crippen LogP contribution in [0.5, 0.6) is 5.88 Å². The normalized spacial score (nSPS) is 29.4. The van der Waals surface area contributed by atoms with Crippen LogP contribution in [-0.2, 0) is 7.05 Å². The molecular formula is C22H28F2N6O4. The van der Waals surface area contributed by atoms with Crippen LogP contribution in [0.4, 0.5) is 19.4 Å². The van der Waals surface area contributed by atoms with Gasteiger partial charge in [0.2, 0.25) is 5.88 Å². The average molecular weight is 479 g/mol. The molecule has 4 saturated carbocycles. The molecule has 0 unspecified atom stereocenters. The van der Waals surface area contributed by atoms with Crippen molar-refractivity contribution in [2.75, 3.05) is 11.9 Å². The van der Waals surface area contributed by atoms with E-state index in [9.17, 15) is 23.5 Å². The summed E-state index contributed by atoms with van der Waals surface area (Å²) in [4.78, 5) is 26.5. The van der Waals surface area contributed by atoms with Crippen LogP contribution in [0.15, 0.2) is 12.1 Å². The first-order valence-corrected chi connectivity index (χ1v) is 11.5. The second-order valence-electron chi connectivity index (χ2n) is 9.92. The number of alkyl halides is 2. The summed E-state index contributed by atoms with van der Waals surface area (Å²) in [7, 11) is 1.51. The van der Waals surface area contributed by atoms with E-state index in [-0.39, 0.29) is 35.0 Å². The topological polar surface area (TPSA) is 125 Å². The molecule has 4 aliphatic rings. The Hall–Kier alpha value is -3.18. The fourth-order valence-corrected chi connectivity index (χ4v) is 5.93. The van der Waals surface area contributed by atoms with Gasteiger partial charge >= 0.3 is 6.09 Å². The Labute approximate surface area is 194 Å². The minimum absolute atomic E-state index is 0.0359. The van der Waals surface area contributed by atoms with Crippen molar-refractivity contribution in [3.05, 3.63) is 23.5 Å². The van der Waals surface area contributed by atoms with Gasteiger partial charge in [0.1, 0.15) is 5.69 Å². The third kappa shape index (κ3) is 3.88. The van der Waals surface area contributed by atoms with Crippen LogP contribution >= 0.6 is 0 Å². The van der Waals surface area contributed by atoms with Crippen molar-refractivity contribution in [2.45, 2.75) is 63.0 Å². The van der Waals surface area contributed by atoms with Crippen LogP contribution in [-0.4, -0.2) is 66.6 Å². The van der Waals surface area contributed by atoms with Crippen molar-refractivity contribution in [3.8, 4) is 5.88 Å². The number of H-pyrrole nitrogens is 1.